The van der Waals surface area contributed by atoms with E-state index in [9.17, 15) is 0 Å². The number of hydrogen-bond donors (Lipinski definition) is 1. The summed E-state index contributed by atoms with van der Waals surface area (Å²) in [6, 6.07) is 1.04. The third kappa shape index (κ3) is 3.37. The lowest BCUT2D eigenvalue weighted by Gasteiger charge is -2.37. The molecule has 108 valence electrons. The third-order valence-electron chi connectivity index (χ3n) is 4.19. The summed E-state index contributed by atoms with van der Waals surface area (Å²) in [6.07, 6.45) is 3.77. The van der Waals surface area contributed by atoms with Crippen LogP contribution in [0.3, 0.4) is 0 Å². The Hall–Kier alpha value is -0.870. The summed E-state index contributed by atoms with van der Waals surface area (Å²) < 4.78 is 5.31. The number of nitrogens with zero attached hydrogens (tertiary/aromatic N) is 2. The molecule has 1 fully saturated rings. The topological polar surface area (TPSA) is 41.3 Å². The molecule has 0 saturated carbocycles. The van der Waals surface area contributed by atoms with Crippen LogP contribution in [0.1, 0.15) is 56.2 Å². The van der Waals surface area contributed by atoms with Crippen molar-refractivity contribution < 1.29 is 4.52 Å². The second-order valence-electron chi connectivity index (χ2n) is 5.70. The van der Waals surface area contributed by atoms with E-state index in [1.165, 1.54) is 31.4 Å². The largest absolute Gasteiger partial charge is 0.361 e. The zero-order chi connectivity index (χ0) is 13.8. The van der Waals surface area contributed by atoms with Crippen molar-refractivity contribution in [1.82, 2.24) is 15.4 Å². The van der Waals surface area contributed by atoms with E-state index >= 15 is 0 Å². The highest BCUT2D eigenvalue weighted by Gasteiger charge is 2.27. The second-order valence-corrected chi connectivity index (χ2v) is 5.70. The van der Waals surface area contributed by atoms with Crippen LogP contribution < -0.4 is 5.32 Å². The van der Waals surface area contributed by atoms with Crippen molar-refractivity contribution in [2.45, 2.75) is 59.0 Å². The molecule has 1 aromatic heterocycles. The van der Waals surface area contributed by atoms with E-state index in [0.29, 0.717) is 12.1 Å². The number of rotatable bonds is 5. The Balaban J connectivity index is 2.01. The average Bonchev–Trinajstić information content (AvgIpc) is 2.75. The fourth-order valence-corrected chi connectivity index (χ4v) is 3.14. The minimum atomic E-state index is 0.400. The lowest BCUT2D eigenvalue weighted by Crippen LogP contribution is -2.46. The van der Waals surface area contributed by atoms with Gasteiger partial charge in [-0.2, -0.15) is 0 Å². The summed E-state index contributed by atoms with van der Waals surface area (Å²) in [6.45, 7) is 12.0. The van der Waals surface area contributed by atoms with E-state index in [1.54, 1.807) is 0 Å². The molecule has 0 aliphatic carbocycles. The van der Waals surface area contributed by atoms with Crippen LogP contribution in [0.25, 0.3) is 0 Å². The standard InChI is InChI=1S/C15H27N3O/c1-5-8-16-14-7-6-9-18(10-14)12(3)15-11(2)17-19-13(15)4/h12,14,16H,5-10H2,1-4H3. The van der Waals surface area contributed by atoms with Crippen molar-refractivity contribution in [2.75, 3.05) is 19.6 Å². The fourth-order valence-electron chi connectivity index (χ4n) is 3.14. The number of aryl methyl sites for hydroxylation is 2. The minimum Gasteiger partial charge on any atom is -0.361 e. The Morgan fingerprint density at radius 1 is 1.47 bits per heavy atom. The third-order valence-corrected chi connectivity index (χ3v) is 4.19. The van der Waals surface area contributed by atoms with Crippen molar-refractivity contribution >= 4 is 0 Å². The highest BCUT2D eigenvalue weighted by molar-refractivity contribution is 5.24. The van der Waals surface area contributed by atoms with Gasteiger partial charge in [0.2, 0.25) is 0 Å². The molecule has 4 heteroatoms. The molecule has 4 nitrogen and oxygen atoms in total. The first-order chi connectivity index (χ1) is 9.13. The predicted molar refractivity (Wildman–Crippen MR) is 77.3 cm³/mol. The highest BCUT2D eigenvalue weighted by atomic mass is 16.5. The lowest BCUT2D eigenvalue weighted by molar-refractivity contribution is 0.145. The van der Waals surface area contributed by atoms with Gasteiger partial charge < -0.3 is 9.84 Å². The normalized spacial score (nSPS) is 22.6. The van der Waals surface area contributed by atoms with E-state index < -0.39 is 0 Å². The second kappa shape index (κ2) is 6.53. The summed E-state index contributed by atoms with van der Waals surface area (Å²) in [5.74, 6) is 0.966. The number of likely N-dealkylation sites (tertiary alicyclic amines) is 1. The van der Waals surface area contributed by atoms with Crippen LogP contribution in [0.2, 0.25) is 0 Å². The van der Waals surface area contributed by atoms with Gasteiger partial charge in [-0.15, -0.1) is 0 Å². The minimum absolute atomic E-state index is 0.400. The molecule has 2 rings (SSSR count). The van der Waals surface area contributed by atoms with E-state index in [1.807, 2.05) is 13.8 Å². The van der Waals surface area contributed by atoms with Gasteiger partial charge in [0, 0.05) is 24.2 Å². The van der Waals surface area contributed by atoms with E-state index in [4.69, 9.17) is 4.52 Å². The van der Waals surface area contributed by atoms with Gasteiger partial charge in [0.1, 0.15) is 5.76 Å². The van der Waals surface area contributed by atoms with Gasteiger partial charge in [-0.3, -0.25) is 4.90 Å². The van der Waals surface area contributed by atoms with Gasteiger partial charge in [-0.1, -0.05) is 12.1 Å². The Morgan fingerprint density at radius 2 is 2.26 bits per heavy atom. The van der Waals surface area contributed by atoms with Crippen LogP contribution in [0.4, 0.5) is 0 Å². The number of hydrogen-bond acceptors (Lipinski definition) is 4. The monoisotopic (exact) mass is 265 g/mol. The Labute approximate surface area is 116 Å². The van der Waals surface area contributed by atoms with Crippen LogP contribution in [-0.2, 0) is 0 Å². The van der Waals surface area contributed by atoms with E-state index in [2.05, 4.69) is 29.2 Å². The Morgan fingerprint density at radius 3 is 2.89 bits per heavy atom. The van der Waals surface area contributed by atoms with Crippen molar-refractivity contribution in [3.63, 3.8) is 0 Å². The smallest absolute Gasteiger partial charge is 0.138 e. The quantitative estimate of drug-likeness (QED) is 0.889. The number of nitrogens with one attached hydrogen (secondary N) is 1. The summed E-state index contributed by atoms with van der Waals surface area (Å²) in [4.78, 5) is 2.56. The maximum atomic E-state index is 5.31. The first-order valence-corrected chi connectivity index (χ1v) is 7.53. The van der Waals surface area contributed by atoms with Crippen molar-refractivity contribution in [3.05, 3.63) is 17.0 Å². The molecule has 1 aromatic rings. The van der Waals surface area contributed by atoms with E-state index in [-0.39, 0.29) is 0 Å². The summed E-state index contributed by atoms with van der Waals surface area (Å²) >= 11 is 0. The van der Waals surface area contributed by atoms with Gasteiger partial charge in [-0.05, 0) is 53.1 Å². The van der Waals surface area contributed by atoms with Crippen molar-refractivity contribution in [1.29, 1.82) is 0 Å². The van der Waals surface area contributed by atoms with Crippen molar-refractivity contribution in [2.24, 2.45) is 0 Å². The van der Waals surface area contributed by atoms with E-state index in [0.717, 1.165) is 24.5 Å². The zero-order valence-electron chi connectivity index (χ0n) is 12.7. The molecule has 1 N–H and O–H groups in total. The lowest BCUT2D eigenvalue weighted by atomic mass is 9.99. The highest BCUT2D eigenvalue weighted by Crippen LogP contribution is 2.28. The summed E-state index contributed by atoms with van der Waals surface area (Å²) in [5.41, 5.74) is 2.31. The first kappa shape index (κ1) is 14.5. The average molecular weight is 265 g/mol. The van der Waals surface area contributed by atoms with Gasteiger partial charge in [0.25, 0.3) is 0 Å². The molecule has 0 aromatic carbocycles. The molecular formula is C15H27N3O. The van der Waals surface area contributed by atoms with Crippen LogP contribution in [0.5, 0.6) is 0 Å². The molecule has 0 spiro atoms. The molecule has 0 radical (unpaired) electrons. The molecule has 2 heterocycles. The van der Waals surface area contributed by atoms with Crippen LogP contribution >= 0.6 is 0 Å². The first-order valence-electron chi connectivity index (χ1n) is 7.53. The molecule has 19 heavy (non-hydrogen) atoms. The zero-order valence-corrected chi connectivity index (χ0v) is 12.7. The SMILES string of the molecule is CCCNC1CCCN(C(C)c2c(C)noc2C)C1. The maximum Gasteiger partial charge on any atom is 0.138 e. The molecule has 1 aliphatic heterocycles. The molecule has 0 amide bonds. The molecule has 0 bridgehead atoms. The molecular weight excluding hydrogens is 238 g/mol. The summed E-state index contributed by atoms with van der Waals surface area (Å²) in [7, 11) is 0. The van der Waals surface area contributed by atoms with Crippen LogP contribution in [-0.4, -0.2) is 35.7 Å². The molecule has 2 unspecified atom stereocenters. The van der Waals surface area contributed by atoms with Gasteiger partial charge >= 0.3 is 0 Å². The van der Waals surface area contributed by atoms with Gasteiger partial charge in [-0.25, -0.2) is 0 Å². The molecule has 2 atom stereocenters. The van der Waals surface area contributed by atoms with Crippen LogP contribution in [0, 0.1) is 13.8 Å². The van der Waals surface area contributed by atoms with Gasteiger partial charge in [0.15, 0.2) is 0 Å². The maximum absolute atomic E-state index is 5.31. The predicted octanol–water partition coefficient (Wildman–Crippen LogP) is 2.82. The van der Waals surface area contributed by atoms with Crippen molar-refractivity contribution in [3.8, 4) is 0 Å². The van der Waals surface area contributed by atoms with Gasteiger partial charge in [0.05, 0.1) is 5.69 Å². The van der Waals surface area contributed by atoms with Crippen LogP contribution in [0.15, 0.2) is 4.52 Å². The molecule has 1 aliphatic rings. The Bertz CT molecular complexity index is 383. The summed E-state index contributed by atoms with van der Waals surface area (Å²) in [5, 5.41) is 7.73. The number of aromatic nitrogens is 1. The molecule has 1 saturated heterocycles. The fraction of sp³-hybridized carbons (Fsp3) is 0.800. The Kier molecular flexibility index (Phi) is 4.99. The number of piperidine rings is 1.